The molecule has 0 radical (unpaired) electrons. The molecular weight excluding hydrogens is 410 g/mol. The molecule has 0 spiro atoms. The van der Waals surface area contributed by atoms with Crippen molar-refractivity contribution in [1.29, 1.82) is 0 Å². The van der Waals surface area contributed by atoms with Crippen molar-refractivity contribution in [1.82, 2.24) is 14.9 Å². The van der Waals surface area contributed by atoms with E-state index < -0.39 is 11.5 Å². The Hall–Kier alpha value is -3.21. The summed E-state index contributed by atoms with van der Waals surface area (Å²) in [6, 6.07) is 4.60. The number of aromatic amines is 1. The zero-order valence-corrected chi connectivity index (χ0v) is 17.5. The summed E-state index contributed by atoms with van der Waals surface area (Å²) in [5, 5.41) is 2.69. The summed E-state index contributed by atoms with van der Waals surface area (Å²) in [5.41, 5.74) is 5.36. The van der Waals surface area contributed by atoms with Crippen molar-refractivity contribution >= 4 is 35.1 Å². The van der Waals surface area contributed by atoms with Gasteiger partial charge in [-0.1, -0.05) is 11.8 Å². The van der Waals surface area contributed by atoms with Crippen LogP contribution in [0, 0.1) is 0 Å². The number of ether oxygens (including phenoxy) is 2. The Balaban J connectivity index is 1.70. The van der Waals surface area contributed by atoms with Gasteiger partial charge >= 0.3 is 0 Å². The highest BCUT2D eigenvalue weighted by Crippen LogP contribution is 2.28. The maximum atomic E-state index is 12.5. The number of hydrogen-bond donors (Lipinski definition) is 3. The molecule has 0 saturated carbocycles. The fraction of sp³-hybridized carbons (Fsp3) is 0.368. The van der Waals surface area contributed by atoms with Gasteiger partial charge < -0.3 is 25.4 Å². The van der Waals surface area contributed by atoms with Crippen molar-refractivity contribution in [3.05, 3.63) is 34.1 Å². The van der Waals surface area contributed by atoms with Gasteiger partial charge in [-0.15, -0.1) is 0 Å². The Bertz CT molecular complexity index is 1000. The largest absolute Gasteiger partial charge is 0.493 e. The van der Waals surface area contributed by atoms with E-state index in [9.17, 15) is 14.4 Å². The van der Waals surface area contributed by atoms with Crippen LogP contribution in [0.1, 0.15) is 23.2 Å². The maximum Gasteiger partial charge on any atom is 0.277 e. The lowest BCUT2D eigenvalue weighted by Gasteiger charge is -2.14. The van der Waals surface area contributed by atoms with E-state index in [0.717, 1.165) is 37.7 Å². The van der Waals surface area contributed by atoms with Gasteiger partial charge in [0.15, 0.2) is 22.5 Å². The van der Waals surface area contributed by atoms with Crippen LogP contribution in [0.5, 0.6) is 11.5 Å². The van der Waals surface area contributed by atoms with Gasteiger partial charge in [0.25, 0.3) is 11.5 Å². The van der Waals surface area contributed by atoms with E-state index in [1.807, 2.05) is 0 Å². The lowest BCUT2D eigenvalue weighted by molar-refractivity contribution is -0.127. The Morgan fingerprint density at radius 1 is 1.23 bits per heavy atom. The predicted octanol–water partition coefficient (Wildman–Crippen LogP) is 1.34. The Morgan fingerprint density at radius 2 is 1.93 bits per heavy atom. The Morgan fingerprint density at radius 3 is 2.57 bits per heavy atom. The molecule has 0 unspecified atom stereocenters. The second-order valence-electron chi connectivity index (χ2n) is 6.53. The number of nitrogens with zero attached hydrogens (tertiary/aromatic N) is 2. The number of H-pyrrole nitrogens is 1. The number of methoxy groups -OCH3 is 2. The number of carbonyl (C=O) groups excluding carboxylic acids is 2. The van der Waals surface area contributed by atoms with Crippen molar-refractivity contribution in [2.45, 2.75) is 18.0 Å². The summed E-state index contributed by atoms with van der Waals surface area (Å²) in [4.78, 5) is 45.5. The third-order valence-corrected chi connectivity index (χ3v) is 5.46. The number of nitrogens with one attached hydrogen (secondary N) is 2. The summed E-state index contributed by atoms with van der Waals surface area (Å²) in [5.74, 6) is 0.296. The van der Waals surface area contributed by atoms with Crippen LogP contribution in [-0.4, -0.2) is 59.7 Å². The minimum absolute atomic E-state index is 0.00967. The number of hydrogen-bond acceptors (Lipinski definition) is 8. The van der Waals surface area contributed by atoms with Gasteiger partial charge in [-0.3, -0.25) is 19.4 Å². The fourth-order valence-corrected chi connectivity index (χ4v) is 3.78. The van der Waals surface area contributed by atoms with Crippen LogP contribution in [-0.2, 0) is 4.79 Å². The predicted molar refractivity (Wildman–Crippen MR) is 113 cm³/mol. The molecule has 4 N–H and O–H groups in total. The first-order valence-electron chi connectivity index (χ1n) is 9.26. The van der Waals surface area contributed by atoms with Gasteiger partial charge in [-0.05, 0) is 31.0 Å². The Labute approximate surface area is 177 Å². The summed E-state index contributed by atoms with van der Waals surface area (Å²) in [6.07, 6.45) is 2.01. The van der Waals surface area contributed by atoms with Crippen LogP contribution in [0.4, 0.5) is 11.5 Å². The van der Waals surface area contributed by atoms with Crippen molar-refractivity contribution in [2.75, 3.05) is 44.1 Å². The van der Waals surface area contributed by atoms with E-state index in [-0.39, 0.29) is 33.9 Å². The molecule has 0 bridgehead atoms. The quantitative estimate of drug-likeness (QED) is 0.439. The molecule has 1 saturated heterocycles. The highest BCUT2D eigenvalue weighted by atomic mass is 32.2. The minimum atomic E-state index is -0.604. The van der Waals surface area contributed by atoms with Gasteiger partial charge in [0.2, 0.25) is 5.91 Å². The SMILES string of the molecule is COc1ccc(C(=O)Nc2c(N)nc(SCC(=O)N3CCCC3)[nH]c2=O)cc1OC. The van der Waals surface area contributed by atoms with Crippen LogP contribution in [0.2, 0.25) is 0 Å². The van der Waals surface area contributed by atoms with Crippen LogP contribution >= 0.6 is 11.8 Å². The number of nitrogens with two attached hydrogens (primary N) is 1. The fourth-order valence-electron chi connectivity index (χ4n) is 3.01. The monoisotopic (exact) mass is 433 g/mol. The molecule has 1 aromatic heterocycles. The standard InChI is InChI=1S/C19H23N5O5S/c1-28-12-6-5-11(9-13(12)29-2)17(26)21-15-16(20)22-19(23-18(15)27)30-10-14(25)24-7-3-4-8-24/h5-6,9H,3-4,7-8,10H2,1-2H3,(H,21,26)(H3,20,22,23,27). The molecule has 1 aromatic carbocycles. The van der Waals surface area contributed by atoms with Crippen LogP contribution < -0.4 is 26.1 Å². The lowest BCUT2D eigenvalue weighted by Crippen LogP contribution is -2.29. The van der Waals surface area contributed by atoms with Gasteiger partial charge in [0.1, 0.15) is 5.69 Å². The topological polar surface area (TPSA) is 140 Å². The number of aromatic nitrogens is 2. The van der Waals surface area contributed by atoms with E-state index in [4.69, 9.17) is 15.2 Å². The van der Waals surface area contributed by atoms with Crippen molar-refractivity contribution < 1.29 is 19.1 Å². The molecule has 1 aliphatic heterocycles. The average Bonchev–Trinajstić information content (AvgIpc) is 3.29. The molecule has 2 heterocycles. The van der Waals surface area contributed by atoms with Gasteiger partial charge in [-0.25, -0.2) is 4.98 Å². The van der Waals surface area contributed by atoms with E-state index in [1.54, 1.807) is 11.0 Å². The first-order chi connectivity index (χ1) is 14.4. The van der Waals surface area contributed by atoms with Gasteiger partial charge in [0.05, 0.1) is 20.0 Å². The van der Waals surface area contributed by atoms with E-state index in [1.165, 1.54) is 26.4 Å². The summed E-state index contributed by atoms with van der Waals surface area (Å²) >= 11 is 1.10. The highest BCUT2D eigenvalue weighted by molar-refractivity contribution is 7.99. The normalized spacial score (nSPS) is 13.2. The average molecular weight is 433 g/mol. The third-order valence-electron chi connectivity index (χ3n) is 4.60. The number of benzene rings is 1. The van der Waals surface area contributed by atoms with Crippen LogP contribution in [0.25, 0.3) is 0 Å². The number of thioether (sulfide) groups is 1. The Kier molecular flexibility index (Phi) is 6.83. The molecule has 1 aliphatic rings. The molecule has 10 nitrogen and oxygen atoms in total. The number of anilines is 2. The second-order valence-corrected chi connectivity index (χ2v) is 7.50. The van der Waals surface area contributed by atoms with Crippen molar-refractivity contribution in [3.8, 4) is 11.5 Å². The molecule has 2 amide bonds. The summed E-state index contributed by atoms with van der Waals surface area (Å²) in [7, 11) is 2.94. The molecule has 0 aliphatic carbocycles. The molecule has 30 heavy (non-hydrogen) atoms. The number of nitrogen functional groups attached to an aromatic ring is 1. The van der Waals surface area contributed by atoms with Crippen LogP contribution in [0.3, 0.4) is 0 Å². The third kappa shape index (κ3) is 4.85. The molecule has 2 aromatic rings. The maximum absolute atomic E-state index is 12.5. The lowest BCUT2D eigenvalue weighted by atomic mass is 10.2. The molecule has 1 fully saturated rings. The molecule has 160 valence electrons. The minimum Gasteiger partial charge on any atom is -0.493 e. The second kappa shape index (κ2) is 9.53. The number of rotatable bonds is 7. The van der Waals surface area contributed by atoms with E-state index >= 15 is 0 Å². The zero-order valence-electron chi connectivity index (χ0n) is 16.7. The molecule has 0 atom stereocenters. The summed E-state index contributed by atoms with van der Waals surface area (Å²) in [6.45, 7) is 1.51. The van der Waals surface area contributed by atoms with Gasteiger partial charge in [-0.2, -0.15) is 0 Å². The van der Waals surface area contributed by atoms with Crippen LogP contribution in [0.15, 0.2) is 28.2 Å². The van der Waals surface area contributed by atoms with E-state index in [2.05, 4.69) is 15.3 Å². The van der Waals surface area contributed by atoms with E-state index in [0.29, 0.717) is 11.5 Å². The van der Waals surface area contributed by atoms with Crippen molar-refractivity contribution in [2.24, 2.45) is 0 Å². The molecular formula is C19H23N5O5S. The highest BCUT2D eigenvalue weighted by Gasteiger charge is 2.19. The zero-order chi connectivity index (χ0) is 21.7. The smallest absolute Gasteiger partial charge is 0.277 e. The summed E-state index contributed by atoms with van der Waals surface area (Å²) < 4.78 is 10.3. The van der Waals surface area contributed by atoms with Gasteiger partial charge in [0, 0.05) is 18.7 Å². The first-order valence-corrected chi connectivity index (χ1v) is 10.2. The first kappa shape index (κ1) is 21.5. The number of amides is 2. The van der Waals surface area contributed by atoms with Crippen molar-refractivity contribution in [3.63, 3.8) is 0 Å². The molecule has 11 heteroatoms. The number of likely N-dealkylation sites (tertiary alicyclic amines) is 1. The number of carbonyl (C=O) groups is 2. The molecule has 3 rings (SSSR count).